The Labute approximate surface area is 175 Å². The highest BCUT2D eigenvalue weighted by atomic mass is 16.7. The average Bonchev–Trinajstić information content (AvgIpc) is 2.65. The number of nitrogens with zero attached hydrogens (tertiary/aromatic N) is 1. The lowest BCUT2D eigenvalue weighted by molar-refractivity contribution is 0.00993. The summed E-state index contributed by atoms with van der Waals surface area (Å²) >= 11 is 0. The molecule has 0 aromatic heterocycles. The molecule has 1 aliphatic carbocycles. The Bertz CT molecular complexity index is 783. The van der Waals surface area contributed by atoms with Crippen LogP contribution in [0.4, 0.5) is 4.79 Å². The van der Waals surface area contributed by atoms with E-state index >= 15 is 0 Å². The zero-order valence-corrected chi connectivity index (χ0v) is 18.7. The van der Waals surface area contributed by atoms with Crippen molar-refractivity contribution in [2.45, 2.75) is 71.8 Å². The number of ether oxygens (including phenoxy) is 3. The number of allylic oxidation sites excluding steroid dienone is 2. The van der Waals surface area contributed by atoms with Gasteiger partial charge < -0.3 is 14.2 Å². The summed E-state index contributed by atoms with van der Waals surface area (Å²) in [6.07, 6.45) is 5.74. The summed E-state index contributed by atoms with van der Waals surface area (Å²) in [5, 5.41) is 0. The molecule has 1 heterocycles. The molecule has 160 valence electrons. The number of fused-ring (bicyclic) bond motifs is 3. The fraction of sp³-hybridized carbons (Fsp3) is 0.625. The Kier molecular flexibility index (Phi) is 6.57. The van der Waals surface area contributed by atoms with Gasteiger partial charge in [0.05, 0.1) is 0 Å². The standard InChI is InChI=1S/C24H35NO4/c1-7-9-17-13-20(28-23(26)27-15-25(6)8-2)22-18-12-16(3)10-11-19(18)24(4,5)29-21(22)14-17/h12-14,18-19H,7-11,15H2,1-6H3. The van der Waals surface area contributed by atoms with E-state index in [-0.39, 0.29) is 18.2 Å². The van der Waals surface area contributed by atoms with Crippen LogP contribution in [0.25, 0.3) is 0 Å². The van der Waals surface area contributed by atoms with Crippen LogP contribution in [0.5, 0.6) is 11.5 Å². The third kappa shape index (κ3) is 4.77. The first-order valence-corrected chi connectivity index (χ1v) is 10.8. The van der Waals surface area contributed by atoms with Gasteiger partial charge in [-0.15, -0.1) is 0 Å². The normalized spacial score (nSPS) is 22.2. The summed E-state index contributed by atoms with van der Waals surface area (Å²) in [7, 11) is 1.90. The highest BCUT2D eigenvalue weighted by Crippen LogP contribution is 2.53. The molecule has 0 amide bonds. The van der Waals surface area contributed by atoms with Gasteiger partial charge in [-0.05, 0) is 71.3 Å². The molecule has 2 atom stereocenters. The molecule has 0 saturated heterocycles. The maximum Gasteiger partial charge on any atom is 0.515 e. The van der Waals surface area contributed by atoms with E-state index in [1.165, 1.54) is 5.57 Å². The van der Waals surface area contributed by atoms with Gasteiger partial charge in [-0.3, -0.25) is 4.90 Å². The fourth-order valence-corrected chi connectivity index (χ4v) is 4.45. The number of hydrogen-bond donors (Lipinski definition) is 0. The van der Waals surface area contributed by atoms with Gasteiger partial charge in [0.15, 0.2) is 0 Å². The fourth-order valence-electron chi connectivity index (χ4n) is 4.45. The minimum atomic E-state index is -0.668. The van der Waals surface area contributed by atoms with Crippen LogP contribution in [0.1, 0.15) is 70.9 Å². The maximum absolute atomic E-state index is 12.4. The minimum absolute atomic E-state index is 0.180. The summed E-state index contributed by atoms with van der Waals surface area (Å²) in [6, 6.07) is 4.11. The summed E-state index contributed by atoms with van der Waals surface area (Å²) in [4.78, 5) is 14.3. The second-order valence-electron chi connectivity index (χ2n) is 8.94. The molecule has 0 bridgehead atoms. The third-order valence-corrected chi connectivity index (χ3v) is 6.19. The third-order valence-electron chi connectivity index (χ3n) is 6.19. The Morgan fingerprint density at radius 2 is 2.07 bits per heavy atom. The van der Waals surface area contributed by atoms with Gasteiger partial charge in [0.1, 0.15) is 23.8 Å². The number of carbonyl (C=O) groups is 1. The van der Waals surface area contributed by atoms with Gasteiger partial charge in [-0.2, -0.15) is 0 Å². The number of rotatable bonds is 6. The maximum atomic E-state index is 12.4. The molecule has 1 aromatic carbocycles. The Hall–Kier alpha value is -2.01. The Morgan fingerprint density at radius 1 is 1.31 bits per heavy atom. The number of hydrogen-bond acceptors (Lipinski definition) is 5. The van der Waals surface area contributed by atoms with E-state index in [1.807, 2.05) is 24.9 Å². The molecule has 29 heavy (non-hydrogen) atoms. The van der Waals surface area contributed by atoms with Crippen molar-refractivity contribution in [1.29, 1.82) is 0 Å². The van der Waals surface area contributed by atoms with E-state index < -0.39 is 6.16 Å². The van der Waals surface area contributed by atoms with Gasteiger partial charge in [-0.25, -0.2) is 4.79 Å². The average molecular weight is 402 g/mol. The Morgan fingerprint density at radius 3 is 2.76 bits per heavy atom. The predicted octanol–water partition coefficient (Wildman–Crippen LogP) is 5.67. The molecule has 0 fully saturated rings. The quantitative estimate of drug-likeness (QED) is 0.266. The molecule has 0 saturated carbocycles. The smallest absolute Gasteiger partial charge is 0.487 e. The summed E-state index contributed by atoms with van der Waals surface area (Å²) in [5.74, 6) is 1.94. The van der Waals surface area contributed by atoms with Crippen LogP contribution >= 0.6 is 0 Å². The van der Waals surface area contributed by atoms with Crippen molar-refractivity contribution < 1.29 is 19.0 Å². The Balaban J connectivity index is 1.99. The first-order chi connectivity index (χ1) is 13.7. The second-order valence-corrected chi connectivity index (χ2v) is 8.94. The molecular formula is C24H35NO4. The van der Waals surface area contributed by atoms with E-state index in [0.29, 0.717) is 11.7 Å². The molecule has 5 heteroatoms. The highest BCUT2D eigenvalue weighted by molar-refractivity contribution is 5.67. The van der Waals surface area contributed by atoms with Crippen molar-refractivity contribution in [3.8, 4) is 11.5 Å². The van der Waals surface area contributed by atoms with Crippen molar-refractivity contribution >= 4 is 6.16 Å². The molecule has 0 spiro atoms. The van der Waals surface area contributed by atoms with Crippen LogP contribution in [-0.4, -0.2) is 37.0 Å². The molecule has 1 aliphatic heterocycles. The topological polar surface area (TPSA) is 48.0 Å². The molecule has 2 aliphatic rings. The molecule has 2 unspecified atom stereocenters. The zero-order valence-electron chi connectivity index (χ0n) is 18.7. The zero-order chi connectivity index (χ0) is 21.2. The van der Waals surface area contributed by atoms with E-state index in [4.69, 9.17) is 14.2 Å². The summed E-state index contributed by atoms with van der Waals surface area (Å²) in [5.41, 5.74) is 3.21. The van der Waals surface area contributed by atoms with E-state index in [1.54, 1.807) is 0 Å². The predicted molar refractivity (Wildman–Crippen MR) is 115 cm³/mol. The first-order valence-electron chi connectivity index (χ1n) is 10.8. The molecule has 5 nitrogen and oxygen atoms in total. The lowest BCUT2D eigenvalue weighted by Gasteiger charge is -2.46. The lowest BCUT2D eigenvalue weighted by atomic mass is 9.68. The summed E-state index contributed by atoms with van der Waals surface area (Å²) < 4.78 is 17.5. The molecule has 0 radical (unpaired) electrons. The van der Waals surface area contributed by atoms with Crippen molar-refractivity contribution in [1.82, 2.24) is 4.90 Å². The summed E-state index contributed by atoms with van der Waals surface area (Å²) in [6.45, 7) is 11.7. The van der Waals surface area contributed by atoms with Crippen LogP contribution < -0.4 is 9.47 Å². The van der Waals surface area contributed by atoms with Gasteiger partial charge in [0.25, 0.3) is 0 Å². The van der Waals surface area contributed by atoms with Crippen molar-refractivity contribution in [2.75, 3.05) is 20.3 Å². The van der Waals surface area contributed by atoms with Gasteiger partial charge in [-0.1, -0.05) is 31.9 Å². The van der Waals surface area contributed by atoms with E-state index in [9.17, 15) is 4.79 Å². The molecular weight excluding hydrogens is 366 g/mol. The second kappa shape index (κ2) is 8.78. The van der Waals surface area contributed by atoms with Crippen LogP contribution in [0.3, 0.4) is 0 Å². The largest absolute Gasteiger partial charge is 0.515 e. The minimum Gasteiger partial charge on any atom is -0.487 e. The van der Waals surface area contributed by atoms with Crippen LogP contribution in [0.2, 0.25) is 0 Å². The number of benzene rings is 1. The monoisotopic (exact) mass is 401 g/mol. The van der Waals surface area contributed by atoms with Gasteiger partial charge >= 0.3 is 6.16 Å². The van der Waals surface area contributed by atoms with Crippen molar-refractivity contribution in [2.24, 2.45) is 5.92 Å². The van der Waals surface area contributed by atoms with Gasteiger partial charge in [0, 0.05) is 17.4 Å². The van der Waals surface area contributed by atoms with E-state index in [0.717, 1.165) is 49.1 Å². The lowest BCUT2D eigenvalue weighted by Crippen LogP contribution is -2.45. The molecule has 1 aromatic rings. The van der Waals surface area contributed by atoms with Crippen LogP contribution in [-0.2, 0) is 11.2 Å². The van der Waals surface area contributed by atoms with Gasteiger partial charge in [0.2, 0.25) is 0 Å². The molecule has 0 N–H and O–H groups in total. The SMILES string of the molecule is CCCc1cc(OC(=O)OCN(C)CC)c2c(c1)OC(C)(C)C1CCC(C)=CC21. The van der Waals surface area contributed by atoms with Crippen LogP contribution in [0.15, 0.2) is 23.8 Å². The first kappa shape index (κ1) is 21.7. The van der Waals surface area contributed by atoms with Crippen molar-refractivity contribution in [3.05, 3.63) is 34.9 Å². The number of carbonyl (C=O) groups excluding carboxylic acids is 1. The van der Waals surface area contributed by atoms with E-state index in [2.05, 4.69) is 39.8 Å². The highest BCUT2D eigenvalue weighted by Gasteiger charge is 2.45. The molecule has 3 rings (SSSR count). The number of aryl methyl sites for hydroxylation is 1. The van der Waals surface area contributed by atoms with Crippen LogP contribution in [0, 0.1) is 5.92 Å². The van der Waals surface area contributed by atoms with Crippen molar-refractivity contribution in [3.63, 3.8) is 0 Å².